The number of hydrogen-bond acceptors (Lipinski definition) is 4. The monoisotopic (exact) mass is 222 g/mol. The van der Waals surface area contributed by atoms with E-state index in [2.05, 4.69) is 22.6 Å². The third-order valence-electron chi connectivity index (χ3n) is 2.17. The van der Waals surface area contributed by atoms with Gasteiger partial charge in [-0.2, -0.15) is 0 Å². The van der Waals surface area contributed by atoms with Gasteiger partial charge in [0.25, 0.3) is 0 Å². The third-order valence-corrected chi connectivity index (χ3v) is 3.32. The fraction of sp³-hybridized carbons (Fsp3) is 0.364. The van der Waals surface area contributed by atoms with Gasteiger partial charge in [-0.05, 0) is 26.0 Å². The second kappa shape index (κ2) is 4.59. The second-order valence-corrected chi connectivity index (χ2v) is 4.40. The molecule has 4 heteroatoms. The Bertz CT molecular complexity index is 408. The SMILES string of the molecule is Cc1csc(C(C)NCc2ccco2)n1. The maximum absolute atomic E-state index is 5.25. The van der Waals surface area contributed by atoms with E-state index in [0.29, 0.717) is 0 Å². The molecule has 0 aliphatic heterocycles. The Morgan fingerprint density at radius 2 is 2.47 bits per heavy atom. The van der Waals surface area contributed by atoms with Crippen LogP contribution in [-0.2, 0) is 6.54 Å². The fourth-order valence-electron chi connectivity index (χ4n) is 1.33. The van der Waals surface area contributed by atoms with Crippen molar-refractivity contribution in [2.75, 3.05) is 0 Å². The zero-order valence-electron chi connectivity index (χ0n) is 8.86. The number of furan rings is 1. The Kier molecular flexibility index (Phi) is 3.18. The van der Waals surface area contributed by atoms with Crippen molar-refractivity contribution in [1.29, 1.82) is 0 Å². The second-order valence-electron chi connectivity index (χ2n) is 3.51. The summed E-state index contributed by atoms with van der Waals surface area (Å²) in [6, 6.07) is 4.14. The first-order chi connectivity index (χ1) is 7.25. The van der Waals surface area contributed by atoms with E-state index in [1.54, 1.807) is 17.6 Å². The van der Waals surface area contributed by atoms with Crippen LogP contribution in [0.15, 0.2) is 28.2 Å². The van der Waals surface area contributed by atoms with E-state index < -0.39 is 0 Å². The Balaban J connectivity index is 1.90. The molecule has 0 amide bonds. The fourth-order valence-corrected chi connectivity index (χ4v) is 2.15. The minimum atomic E-state index is 0.272. The highest BCUT2D eigenvalue weighted by Crippen LogP contribution is 2.17. The molecule has 0 aliphatic rings. The minimum Gasteiger partial charge on any atom is -0.468 e. The van der Waals surface area contributed by atoms with Gasteiger partial charge in [-0.25, -0.2) is 4.98 Å². The molecule has 2 aromatic rings. The largest absolute Gasteiger partial charge is 0.468 e. The molecule has 2 heterocycles. The molecule has 2 rings (SSSR count). The van der Waals surface area contributed by atoms with Crippen LogP contribution in [0.3, 0.4) is 0 Å². The molecule has 3 nitrogen and oxygen atoms in total. The van der Waals surface area contributed by atoms with E-state index in [0.717, 1.165) is 23.0 Å². The average molecular weight is 222 g/mol. The summed E-state index contributed by atoms with van der Waals surface area (Å²) >= 11 is 1.69. The van der Waals surface area contributed by atoms with E-state index in [9.17, 15) is 0 Å². The summed E-state index contributed by atoms with van der Waals surface area (Å²) in [5, 5.41) is 6.56. The van der Waals surface area contributed by atoms with Crippen molar-refractivity contribution in [2.24, 2.45) is 0 Å². The van der Waals surface area contributed by atoms with Gasteiger partial charge in [-0.1, -0.05) is 0 Å². The highest BCUT2D eigenvalue weighted by molar-refractivity contribution is 7.09. The number of rotatable bonds is 4. The molecule has 0 aliphatic carbocycles. The Morgan fingerprint density at radius 1 is 1.60 bits per heavy atom. The number of aromatic nitrogens is 1. The van der Waals surface area contributed by atoms with Crippen molar-refractivity contribution < 1.29 is 4.42 Å². The summed E-state index contributed by atoms with van der Waals surface area (Å²) in [6.45, 7) is 4.87. The third kappa shape index (κ3) is 2.67. The van der Waals surface area contributed by atoms with E-state index in [-0.39, 0.29) is 6.04 Å². The van der Waals surface area contributed by atoms with Gasteiger partial charge in [-0.15, -0.1) is 11.3 Å². The minimum absolute atomic E-state index is 0.272. The first-order valence-corrected chi connectivity index (χ1v) is 5.81. The normalized spacial score (nSPS) is 12.9. The molecular weight excluding hydrogens is 208 g/mol. The van der Waals surface area contributed by atoms with Crippen molar-refractivity contribution in [3.8, 4) is 0 Å². The molecule has 1 atom stereocenters. The molecule has 1 unspecified atom stereocenters. The summed E-state index contributed by atoms with van der Waals surface area (Å²) in [5.41, 5.74) is 1.08. The molecule has 0 bridgehead atoms. The predicted octanol–water partition coefficient (Wildman–Crippen LogP) is 2.90. The summed E-state index contributed by atoms with van der Waals surface area (Å²) in [6.07, 6.45) is 1.69. The molecule has 0 spiro atoms. The average Bonchev–Trinajstić information content (AvgIpc) is 2.84. The van der Waals surface area contributed by atoms with Crippen LogP contribution in [0.2, 0.25) is 0 Å². The van der Waals surface area contributed by atoms with Gasteiger partial charge in [0, 0.05) is 11.1 Å². The van der Waals surface area contributed by atoms with Crippen LogP contribution in [0.1, 0.15) is 29.4 Å². The maximum Gasteiger partial charge on any atom is 0.117 e. The molecule has 1 N–H and O–H groups in total. The molecule has 0 aromatic carbocycles. The lowest BCUT2D eigenvalue weighted by atomic mass is 10.3. The van der Waals surface area contributed by atoms with Crippen LogP contribution in [-0.4, -0.2) is 4.98 Å². The molecule has 15 heavy (non-hydrogen) atoms. The Hall–Kier alpha value is -1.13. The zero-order chi connectivity index (χ0) is 10.7. The van der Waals surface area contributed by atoms with E-state index >= 15 is 0 Å². The van der Waals surface area contributed by atoms with E-state index in [1.807, 2.05) is 19.1 Å². The first kappa shape index (κ1) is 10.4. The van der Waals surface area contributed by atoms with Crippen molar-refractivity contribution in [2.45, 2.75) is 26.4 Å². The smallest absolute Gasteiger partial charge is 0.117 e. The van der Waals surface area contributed by atoms with Crippen molar-refractivity contribution in [1.82, 2.24) is 10.3 Å². The summed E-state index contributed by atoms with van der Waals surface area (Å²) in [4.78, 5) is 4.44. The van der Waals surface area contributed by atoms with Crippen LogP contribution in [0.4, 0.5) is 0 Å². The topological polar surface area (TPSA) is 38.1 Å². The molecular formula is C11H14N2OS. The van der Waals surface area contributed by atoms with Crippen molar-refractivity contribution >= 4 is 11.3 Å². The molecule has 0 saturated carbocycles. The predicted molar refractivity (Wildman–Crippen MR) is 60.8 cm³/mol. The van der Waals surface area contributed by atoms with Crippen LogP contribution in [0.25, 0.3) is 0 Å². The standard InChI is InChI=1S/C11H14N2OS/c1-8-7-15-11(13-8)9(2)12-6-10-4-3-5-14-10/h3-5,7,9,12H,6H2,1-2H3. The van der Waals surface area contributed by atoms with Crippen molar-refractivity contribution in [3.05, 3.63) is 40.2 Å². The highest BCUT2D eigenvalue weighted by atomic mass is 32.1. The Labute approximate surface area is 93.2 Å². The van der Waals surface area contributed by atoms with Gasteiger partial charge >= 0.3 is 0 Å². The summed E-state index contributed by atoms with van der Waals surface area (Å²) < 4.78 is 5.25. The van der Waals surface area contributed by atoms with Gasteiger partial charge in [0.1, 0.15) is 10.8 Å². The maximum atomic E-state index is 5.25. The Morgan fingerprint density at radius 3 is 3.07 bits per heavy atom. The van der Waals surface area contributed by atoms with Crippen molar-refractivity contribution in [3.63, 3.8) is 0 Å². The number of aryl methyl sites for hydroxylation is 1. The van der Waals surface area contributed by atoms with Crippen LogP contribution < -0.4 is 5.32 Å². The molecule has 2 aromatic heterocycles. The quantitative estimate of drug-likeness (QED) is 0.864. The highest BCUT2D eigenvalue weighted by Gasteiger charge is 2.08. The van der Waals surface area contributed by atoms with Gasteiger partial charge < -0.3 is 9.73 Å². The molecule has 0 fully saturated rings. The summed E-state index contributed by atoms with van der Waals surface area (Å²) in [7, 11) is 0. The lowest BCUT2D eigenvalue weighted by Crippen LogP contribution is -2.17. The molecule has 80 valence electrons. The molecule has 0 saturated heterocycles. The van der Waals surface area contributed by atoms with Gasteiger partial charge in [0.15, 0.2) is 0 Å². The molecule has 0 radical (unpaired) electrons. The number of hydrogen-bond donors (Lipinski definition) is 1. The number of thiazole rings is 1. The summed E-state index contributed by atoms with van der Waals surface area (Å²) in [5.74, 6) is 0.954. The van der Waals surface area contributed by atoms with Gasteiger partial charge in [-0.3, -0.25) is 0 Å². The van der Waals surface area contributed by atoms with E-state index in [4.69, 9.17) is 4.42 Å². The van der Waals surface area contributed by atoms with Crippen LogP contribution >= 0.6 is 11.3 Å². The number of nitrogens with zero attached hydrogens (tertiary/aromatic N) is 1. The van der Waals surface area contributed by atoms with Crippen LogP contribution in [0.5, 0.6) is 0 Å². The number of nitrogens with one attached hydrogen (secondary N) is 1. The van der Waals surface area contributed by atoms with Crippen LogP contribution in [0, 0.1) is 6.92 Å². The van der Waals surface area contributed by atoms with Gasteiger partial charge in [0.2, 0.25) is 0 Å². The van der Waals surface area contributed by atoms with Gasteiger partial charge in [0.05, 0.1) is 18.8 Å². The van der Waals surface area contributed by atoms with E-state index in [1.165, 1.54) is 0 Å². The lowest BCUT2D eigenvalue weighted by Gasteiger charge is -2.09. The first-order valence-electron chi connectivity index (χ1n) is 4.93. The zero-order valence-corrected chi connectivity index (χ0v) is 9.67. The lowest BCUT2D eigenvalue weighted by molar-refractivity contribution is 0.460.